The summed E-state index contributed by atoms with van der Waals surface area (Å²) in [6.45, 7) is 8.30. The maximum atomic E-state index is 5.97. The van der Waals surface area contributed by atoms with Gasteiger partial charge in [0, 0.05) is 6.04 Å². The van der Waals surface area contributed by atoms with Gasteiger partial charge in [-0.25, -0.2) is 0 Å². The van der Waals surface area contributed by atoms with Crippen LogP contribution in [-0.4, -0.2) is 18.9 Å². The van der Waals surface area contributed by atoms with Crippen LogP contribution in [-0.2, 0) is 4.74 Å². The minimum Gasteiger partial charge on any atom is -0.364 e. The topological polar surface area (TPSA) is 61.3 Å². The molecule has 3 heteroatoms. The molecule has 0 aliphatic carbocycles. The molecule has 0 rings (SSSR count). The van der Waals surface area contributed by atoms with Crippen molar-refractivity contribution in [2.75, 3.05) is 6.61 Å². The van der Waals surface area contributed by atoms with Crippen LogP contribution in [0.15, 0.2) is 0 Å². The summed E-state index contributed by atoms with van der Waals surface area (Å²) in [5.41, 5.74) is 11.8. The standard InChI is InChI=1S/C14H30N2O/c1-3-5-7-9-13(15)11-12-17-14(16)10-8-6-4-2/h13-14H,1-12,15-16H2. The summed E-state index contributed by atoms with van der Waals surface area (Å²) in [5.74, 6) is 0. The summed E-state index contributed by atoms with van der Waals surface area (Å²) < 4.78 is 5.53. The van der Waals surface area contributed by atoms with Crippen LogP contribution in [0.25, 0.3) is 0 Å². The zero-order valence-corrected chi connectivity index (χ0v) is 11.2. The molecule has 0 bridgehead atoms. The number of nitrogens with two attached hydrogens (primary N) is 2. The molecule has 102 valence electrons. The lowest BCUT2D eigenvalue weighted by molar-refractivity contribution is 0.0456. The van der Waals surface area contributed by atoms with E-state index in [0.29, 0.717) is 6.61 Å². The van der Waals surface area contributed by atoms with Crippen molar-refractivity contribution in [1.82, 2.24) is 0 Å². The van der Waals surface area contributed by atoms with E-state index >= 15 is 0 Å². The Hall–Kier alpha value is -0.120. The molecule has 0 aromatic heterocycles. The Morgan fingerprint density at radius 3 is 2.00 bits per heavy atom. The predicted octanol–water partition coefficient (Wildman–Crippen LogP) is 2.79. The van der Waals surface area contributed by atoms with Gasteiger partial charge in [0.25, 0.3) is 0 Å². The van der Waals surface area contributed by atoms with Crippen molar-refractivity contribution in [3.63, 3.8) is 0 Å². The summed E-state index contributed by atoms with van der Waals surface area (Å²) in [6, 6.07) is 0.244. The van der Waals surface area contributed by atoms with Gasteiger partial charge in [-0.2, -0.15) is 0 Å². The molecule has 17 heavy (non-hydrogen) atoms. The Morgan fingerprint density at radius 2 is 1.41 bits per heavy atom. The first kappa shape index (κ1) is 16.9. The highest BCUT2D eigenvalue weighted by Gasteiger charge is 2.05. The second kappa shape index (κ2) is 12.3. The third-order valence-corrected chi connectivity index (χ3v) is 2.88. The highest BCUT2D eigenvalue weighted by molar-refractivity contribution is 4.62. The van der Waals surface area contributed by atoms with Crippen LogP contribution in [0, 0.1) is 13.8 Å². The Balaban J connectivity index is 3.29. The number of ether oxygens (including phenoxy) is 1. The van der Waals surface area contributed by atoms with Crippen molar-refractivity contribution >= 4 is 0 Å². The molecule has 0 aromatic rings. The Labute approximate surface area is 107 Å². The second-order valence-electron chi connectivity index (χ2n) is 4.66. The van der Waals surface area contributed by atoms with Gasteiger partial charge in [-0.3, -0.25) is 0 Å². The van der Waals surface area contributed by atoms with Crippen molar-refractivity contribution in [1.29, 1.82) is 0 Å². The largest absolute Gasteiger partial charge is 0.364 e. The van der Waals surface area contributed by atoms with E-state index in [9.17, 15) is 0 Å². The number of unbranched alkanes of at least 4 members (excludes halogenated alkanes) is 4. The Kier molecular flexibility index (Phi) is 12.3. The number of hydrogen-bond acceptors (Lipinski definition) is 3. The zero-order chi connectivity index (χ0) is 12.9. The van der Waals surface area contributed by atoms with Crippen molar-refractivity contribution in [2.24, 2.45) is 11.5 Å². The molecule has 3 nitrogen and oxygen atoms in total. The molecule has 2 unspecified atom stereocenters. The fourth-order valence-electron chi connectivity index (χ4n) is 1.70. The summed E-state index contributed by atoms with van der Waals surface area (Å²) in [5, 5.41) is 0. The smallest absolute Gasteiger partial charge is 0.105 e. The third-order valence-electron chi connectivity index (χ3n) is 2.88. The van der Waals surface area contributed by atoms with E-state index in [1.165, 1.54) is 12.8 Å². The van der Waals surface area contributed by atoms with Crippen LogP contribution >= 0.6 is 0 Å². The Bertz CT molecular complexity index is 137. The molecule has 0 amide bonds. The van der Waals surface area contributed by atoms with E-state index in [1.807, 2.05) is 0 Å². The molecule has 0 heterocycles. The highest BCUT2D eigenvalue weighted by Crippen LogP contribution is 2.06. The van der Waals surface area contributed by atoms with Crippen LogP contribution in [0.2, 0.25) is 0 Å². The molecular formula is C14H30N2O. The van der Waals surface area contributed by atoms with Gasteiger partial charge in [-0.05, 0) is 25.7 Å². The van der Waals surface area contributed by atoms with Gasteiger partial charge in [-0.15, -0.1) is 0 Å². The second-order valence-corrected chi connectivity index (χ2v) is 4.66. The molecule has 0 aliphatic heterocycles. The van der Waals surface area contributed by atoms with Crippen molar-refractivity contribution in [2.45, 2.75) is 70.1 Å². The monoisotopic (exact) mass is 242 g/mol. The van der Waals surface area contributed by atoms with Gasteiger partial charge in [0.15, 0.2) is 0 Å². The van der Waals surface area contributed by atoms with E-state index in [1.54, 1.807) is 0 Å². The van der Waals surface area contributed by atoms with Crippen LogP contribution in [0.4, 0.5) is 0 Å². The molecular weight excluding hydrogens is 212 g/mol. The average Bonchev–Trinajstić information content (AvgIpc) is 2.30. The normalized spacial score (nSPS) is 14.8. The minimum absolute atomic E-state index is 0.131. The lowest BCUT2D eigenvalue weighted by atomic mass is 10.1. The molecule has 0 spiro atoms. The SMILES string of the molecule is [CH2]CCCCC(N)CCOC(N)CCCC[CH2]. The maximum absolute atomic E-state index is 5.97. The first-order valence-electron chi connectivity index (χ1n) is 6.92. The molecule has 0 saturated carbocycles. The molecule has 0 fully saturated rings. The lowest BCUT2D eigenvalue weighted by Crippen LogP contribution is -2.28. The summed E-state index contributed by atoms with van der Waals surface area (Å²) >= 11 is 0. The van der Waals surface area contributed by atoms with Crippen molar-refractivity contribution in [3.05, 3.63) is 13.8 Å². The van der Waals surface area contributed by atoms with Gasteiger partial charge in [0.05, 0.1) is 6.61 Å². The van der Waals surface area contributed by atoms with Crippen LogP contribution < -0.4 is 11.5 Å². The molecule has 0 aromatic carbocycles. The fourth-order valence-corrected chi connectivity index (χ4v) is 1.70. The Morgan fingerprint density at radius 1 is 0.824 bits per heavy atom. The average molecular weight is 242 g/mol. The van der Waals surface area contributed by atoms with Gasteiger partial charge >= 0.3 is 0 Å². The number of hydrogen-bond donors (Lipinski definition) is 2. The van der Waals surface area contributed by atoms with E-state index in [0.717, 1.165) is 44.9 Å². The minimum atomic E-state index is -0.131. The van der Waals surface area contributed by atoms with Crippen molar-refractivity contribution in [3.8, 4) is 0 Å². The lowest BCUT2D eigenvalue weighted by Gasteiger charge is -2.15. The molecule has 0 saturated heterocycles. The van der Waals surface area contributed by atoms with Crippen LogP contribution in [0.5, 0.6) is 0 Å². The molecule has 2 radical (unpaired) electrons. The quantitative estimate of drug-likeness (QED) is 0.408. The van der Waals surface area contributed by atoms with E-state index in [4.69, 9.17) is 16.2 Å². The fraction of sp³-hybridized carbons (Fsp3) is 0.857. The van der Waals surface area contributed by atoms with Gasteiger partial charge in [0.1, 0.15) is 6.23 Å². The zero-order valence-electron chi connectivity index (χ0n) is 11.2. The first-order valence-corrected chi connectivity index (χ1v) is 6.92. The predicted molar refractivity (Wildman–Crippen MR) is 74.2 cm³/mol. The van der Waals surface area contributed by atoms with E-state index in [-0.39, 0.29) is 12.3 Å². The van der Waals surface area contributed by atoms with Crippen molar-refractivity contribution < 1.29 is 4.74 Å². The summed E-state index contributed by atoms with van der Waals surface area (Å²) in [4.78, 5) is 0. The molecule has 4 N–H and O–H groups in total. The number of rotatable bonds is 12. The van der Waals surface area contributed by atoms with Gasteiger partial charge in [0.2, 0.25) is 0 Å². The van der Waals surface area contributed by atoms with Gasteiger partial charge in [-0.1, -0.05) is 46.0 Å². The summed E-state index contributed by atoms with van der Waals surface area (Å²) in [7, 11) is 0. The molecule has 0 aliphatic rings. The van der Waals surface area contributed by atoms with Crippen LogP contribution in [0.3, 0.4) is 0 Å². The van der Waals surface area contributed by atoms with Gasteiger partial charge < -0.3 is 16.2 Å². The van der Waals surface area contributed by atoms with E-state index in [2.05, 4.69) is 13.8 Å². The highest BCUT2D eigenvalue weighted by atomic mass is 16.5. The summed E-state index contributed by atoms with van der Waals surface area (Å²) in [6.07, 6.45) is 9.29. The third kappa shape index (κ3) is 12.1. The van der Waals surface area contributed by atoms with E-state index < -0.39 is 0 Å². The maximum Gasteiger partial charge on any atom is 0.105 e. The first-order chi connectivity index (χ1) is 8.20. The molecule has 2 atom stereocenters. The van der Waals surface area contributed by atoms with Crippen LogP contribution in [0.1, 0.15) is 57.8 Å².